The monoisotopic (exact) mass is 415 g/mol. The minimum Gasteiger partial charge on any atom is -0.495 e. The van der Waals surface area contributed by atoms with Gasteiger partial charge in [-0.15, -0.1) is 0 Å². The number of methoxy groups -OCH3 is 1. The van der Waals surface area contributed by atoms with E-state index in [0.717, 1.165) is 11.1 Å². The Morgan fingerprint density at radius 3 is 2.77 bits per heavy atom. The molecule has 1 N–H and O–H groups in total. The van der Waals surface area contributed by atoms with Crippen molar-refractivity contribution in [3.05, 3.63) is 67.7 Å². The van der Waals surface area contributed by atoms with Crippen LogP contribution in [0.2, 0.25) is 0 Å². The zero-order chi connectivity index (χ0) is 18.7. The maximum atomic E-state index is 11.5. The van der Waals surface area contributed by atoms with Crippen molar-refractivity contribution in [2.45, 2.75) is 31.3 Å². The largest absolute Gasteiger partial charge is 0.495 e. The lowest BCUT2D eigenvalue weighted by Gasteiger charge is -2.30. The number of hydrogen-bond acceptors (Lipinski definition) is 5. The Balaban J connectivity index is 1.95. The molecule has 0 amide bonds. The lowest BCUT2D eigenvalue weighted by atomic mass is 9.79. The predicted molar refractivity (Wildman–Crippen MR) is 101 cm³/mol. The zero-order valence-corrected chi connectivity index (χ0v) is 15.8. The van der Waals surface area contributed by atoms with Gasteiger partial charge in [0.15, 0.2) is 0 Å². The Bertz CT molecular complexity index is 865. The van der Waals surface area contributed by atoms with Crippen molar-refractivity contribution in [1.29, 1.82) is 5.26 Å². The van der Waals surface area contributed by atoms with Crippen molar-refractivity contribution in [3.63, 3.8) is 0 Å². The van der Waals surface area contributed by atoms with Gasteiger partial charge in [-0.2, -0.15) is 5.26 Å². The Hall–Kier alpha value is -2.43. The molecule has 3 rings (SSSR count). The molecule has 26 heavy (non-hydrogen) atoms. The fourth-order valence-electron chi connectivity index (χ4n) is 3.51. The van der Waals surface area contributed by atoms with E-state index in [0.29, 0.717) is 35.2 Å². The summed E-state index contributed by atoms with van der Waals surface area (Å²) in [5, 5.41) is 24.6. The fraction of sp³-hybridized carbons (Fsp3) is 0.316. The number of rotatable bonds is 5. The molecule has 7 heteroatoms. The first kappa shape index (κ1) is 18.4. The molecule has 0 bridgehead atoms. The summed E-state index contributed by atoms with van der Waals surface area (Å²) in [5.41, 5.74) is 2.34. The molecule has 2 unspecified atom stereocenters. The third-order valence-corrected chi connectivity index (χ3v) is 5.26. The second-order valence-electron chi connectivity index (χ2n) is 6.25. The number of nitrogens with one attached hydrogen (secondary N) is 1. The lowest BCUT2D eigenvalue weighted by Crippen LogP contribution is -2.36. The summed E-state index contributed by atoms with van der Waals surface area (Å²) in [7, 11) is 1.54. The highest BCUT2D eigenvalue weighted by Gasteiger charge is 2.36. The van der Waals surface area contributed by atoms with Crippen LogP contribution in [0.1, 0.15) is 29.0 Å². The highest BCUT2D eigenvalue weighted by Crippen LogP contribution is 2.45. The van der Waals surface area contributed by atoms with Crippen molar-refractivity contribution in [2.75, 3.05) is 7.11 Å². The van der Waals surface area contributed by atoms with Gasteiger partial charge in [-0.25, -0.2) is 0 Å². The van der Waals surface area contributed by atoms with Gasteiger partial charge in [-0.1, -0.05) is 30.3 Å². The summed E-state index contributed by atoms with van der Waals surface area (Å²) in [6.45, 7) is 0.678. The Morgan fingerprint density at radius 2 is 2.15 bits per heavy atom. The molecule has 0 radical (unpaired) electrons. The summed E-state index contributed by atoms with van der Waals surface area (Å²) >= 11 is 3.36. The minimum absolute atomic E-state index is 0.0271. The molecular formula is C19H18BrN3O3. The van der Waals surface area contributed by atoms with Crippen molar-refractivity contribution < 1.29 is 9.66 Å². The SMILES string of the molecule is COc1c(Br)cc([N+](=O)[O-])c2c1CC(NCc1ccccc1)CC2C#N. The Kier molecular flexibility index (Phi) is 5.55. The van der Waals surface area contributed by atoms with Crippen molar-refractivity contribution in [3.8, 4) is 11.8 Å². The van der Waals surface area contributed by atoms with Crippen LogP contribution in [0.5, 0.6) is 5.75 Å². The van der Waals surface area contributed by atoms with Gasteiger partial charge >= 0.3 is 0 Å². The fourth-order valence-corrected chi connectivity index (χ4v) is 4.13. The third-order valence-electron chi connectivity index (χ3n) is 4.67. The van der Waals surface area contributed by atoms with Crippen molar-refractivity contribution in [1.82, 2.24) is 5.32 Å². The minimum atomic E-state index is -0.547. The van der Waals surface area contributed by atoms with Gasteiger partial charge in [0.2, 0.25) is 0 Å². The van der Waals surface area contributed by atoms with Crippen LogP contribution in [0.3, 0.4) is 0 Å². The van der Waals surface area contributed by atoms with E-state index >= 15 is 0 Å². The molecular weight excluding hydrogens is 398 g/mol. The van der Waals surface area contributed by atoms with E-state index in [4.69, 9.17) is 4.74 Å². The summed E-state index contributed by atoms with van der Waals surface area (Å²) in [5.74, 6) is 0.0199. The topological polar surface area (TPSA) is 88.2 Å². The standard InChI is InChI=1S/C19H18BrN3O3/c1-26-19-15-8-14(22-11-12-5-3-2-4-6-12)7-13(10-21)18(15)17(23(24)25)9-16(19)20/h2-6,9,13-14,22H,7-8,11H2,1H3. The number of nitriles is 1. The molecule has 2 atom stereocenters. The van der Waals surface area contributed by atoms with Crippen LogP contribution < -0.4 is 10.1 Å². The maximum absolute atomic E-state index is 11.5. The van der Waals surface area contributed by atoms with Gasteiger partial charge in [0, 0.05) is 24.2 Å². The molecule has 134 valence electrons. The number of nitro groups is 1. The predicted octanol–water partition coefficient (Wildman–Crippen LogP) is 4.08. The summed E-state index contributed by atoms with van der Waals surface area (Å²) < 4.78 is 6.01. The Labute approximate surface area is 160 Å². The van der Waals surface area contributed by atoms with Crippen LogP contribution in [0.15, 0.2) is 40.9 Å². The average molecular weight is 416 g/mol. The number of nitro benzene ring substituents is 1. The number of benzene rings is 2. The van der Waals surface area contributed by atoms with E-state index in [1.165, 1.54) is 13.2 Å². The number of halogens is 1. The van der Waals surface area contributed by atoms with E-state index in [-0.39, 0.29) is 11.7 Å². The van der Waals surface area contributed by atoms with Gasteiger partial charge in [0.1, 0.15) is 5.75 Å². The Morgan fingerprint density at radius 1 is 1.42 bits per heavy atom. The zero-order valence-electron chi connectivity index (χ0n) is 14.2. The molecule has 6 nitrogen and oxygen atoms in total. The molecule has 0 fully saturated rings. The molecule has 0 aliphatic heterocycles. The van der Waals surface area contributed by atoms with Crippen LogP contribution in [-0.4, -0.2) is 18.1 Å². The van der Waals surface area contributed by atoms with E-state index in [2.05, 4.69) is 27.3 Å². The summed E-state index contributed by atoms with van der Waals surface area (Å²) in [6, 6.07) is 13.7. The number of hydrogen-bond donors (Lipinski definition) is 1. The van der Waals surface area contributed by atoms with Gasteiger partial charge in [0.05, 0.1) is 34.1 Å². The van der Waals surface area contributed by atoms with Crippen molar-refractivity contribution >= 4 is 21.6 Å². The molecule has 0 saturated heterocycles. The number of fused-ring (bicyclic) bond motifs is 1. The van der Waals surface area contributed by atoms with E-state index in [1.54, 1.807) is 0 Å². The molecule has 1 aliphatic rings. The highest BCUT2D eigenvalue weighted by molar-refractivity contribution is 9.10. The highest BCUT2D eigenvalue weighted by atomic mass is 79.9. The van der Waals surface area contributed by atoms with Gasteiger partial charge < -0.3 is 10.1 Å². The molecule has 0 saturated carbocycles. The first-order chi connectivity index (χ1) is 12.5. The van der Waals surface area contributed by atoms with E-state index < -0.39 is 10.8 Å². The molecule has 1 aliphatic carbocycles. The van der Waals surface area contributed by atoms with Gasteiger partial charge in [0.25, 0.3) is 5.69 Å². The van der Waals surface area contributed by atoms with Crippen LogP contribution in [0, 0.1) is 21.4 Å². The maximum Gasteiger partial charge on any atom is 0.275 e. The molecule has 0 aromatic heterocycles. The van der Waals surface area contributed by atoms with Crippen LogP contribution in [-0.2, 0) is 13.0 Å². The summed E-state index contributed by atoms with van der Waals surface area (Å²) in [4.78, 5) is 11.1. The molecule has 2 aromatic carbocycles. The molecule has 0 spiro atoms. The first-order valence-corrected chi connectivity index (χ1v) is 9.05. The van der Waals surface area contributed by atoms with Crippen molar-refractivity contribution in [2.24, 2.45) is 0 Å². The molecule has 2 aromatic rings. The van der Waals surface area contributed by atoms with Gasteiger partial charge in [-0.05, 0) is 34.3 Å². The lowest BCUT2D eigenvalue weighted by molar-refractivity contribution is -0.385. The average Bonchev–Trinajstić information content (AvgIpc) is 2.65. The van der Waals surface area contributed by atoms with Crippen LogP contribution >= 0.6 is 15.9 Å². The van der Waals surface area contributed by atoms with Crippen LogP contribution in [0.4, 0.5) is 5.69 Å². The smallest absolute Gasteiger partial charge is 0.275 e. The third kappa shape index (κ3) is 3.57. The first-order valence-electron chi connectivity index (χ1n) is 8.25. The van der Waals surface area contributed by atoms with E-state index in [1.807, 2.05) is 30.3 Å². The normalized spacial score (nSPS) is 18.7. The number of ether oxygens (including phenoxy) is 1. The van der Waals surface area contributed by atoms with E-state index in [9.17, 15) is 15.4 Å². The quantitative estimate of drug-likeness (QED) is 0.586. The number of nitrogens with zero attached hydrogens (tertiary/aromatic N) is 2. The van der Waals surface area contributed by atoms with Gasteiger partial charge in [-0.3, -0.25) is 10.1 Å². The van der Waals surface area contributed by atoms with Crippen LogP contribution in [0.25, 0.3) is 0 Å². The second kappa shape index (κ2) is 7.85. The summed E-state index contributed by atoms with van der Waals surface area (Å²) in [6.07, 6.45) is 1.10. The second-order valence-corrected chi connectivity index (χ2v) is 7.10. The molecule has 0 heterocycles.